The summed E-state index contributed by atoms with van der Waals surface area (Å²) >= 11 is 0. The molecule has 136 valence electrons. The predicted octanol–water partition coefficient (Wildman–Crippen LogP) is 1.95. The molecule has 7 nitrogen and oxygen atoms in total. The van der Waals surface area contributed by atoms with E-state index < -0.39 is 10.0 Å². The second-order valence-corrected chi connectivity index (χ2v) is 7.85. The highest BCUT2D eigenvalue weighted by molar-refractivity contribution is 7.89. The molecule has 1 heterocycles. The maximum atomic E-state index is 11.3. The van der Waals surface area contributed by atoms with E-state index >= 15 is 0 Å². The number of hydrogen-bond acceptors (Lipinski definition) is 6. The van der Waals surface area contributed by atoms with Crippen molar-refractivity contribution in [3.63, 3.8) is 0 Å². The Morgan fingerprint density at radius 3 is 2.38 bits per heavy atom. The molecule has 3 N–H and O–H groups in total. The van der Waals surface area contributed by atoms with Gasteiger partial charge in [0.2, 0.25) is 10.0 Å². The minimum Gasteiger partial charge on any atom is -0.365 e. The van der Waals surface area contributed by atoms with Crippen LogP contribution >= 0.6 is 0 Å². The summed E-state index contributed by atoms with van der Waals surface area (Å²) in [6.45, 7) is 1.15. The topological polar surface area (TPSA) is 101 Å². The summed E-state index contributed by atoms with van der Waals surface area (Å²) in [5.41, 5.74) is 1.81. The van der Waals surface area contributed by atoms with Crippen LogP contribution in [0.3, 0.4) is 0 Å². The van der Waals surface area contributed by atoms with Crippen molar-refractivity contribution in [3.05, 3.63) is 59.9 Å². The molecule has 0 radical (unpaired) electrons. The maximum absolute atomic E-state index is 11.3. The Morgan fingerprint density at radius 2 is 1.73 bits per heavy atom. The smallest absolute Gasteiger partial charge is 0.238 e. The number of fused-ring (bicyclic) bond motifs is 1. The minimum absolute atomic E-state index is 0.0991. The zero-order valence-corrected chi connectivity index (χ0v) is 15.5. The number of nitrogens with one attached hydrogen (secondary N) is 1. The first-order valence-corrected chi connectivity index (χ1v) is 9.63. The van der Waals surface area contributed by atoms with E-state index in [1.807, 2.05) is 43.3 Å². The number of aromatic nitrogens is 2. The van der Waals surface area contributed by atoms with Crippen molar-refractivity contribution < 1.29 is 8.42 Å². The van der Waals surface area contributed by atoms with Crippen LogP contribution in [0, 0.1) is 0 Å². The third-order valence-corrected chi connectivity index (χ3v) is 4.75. The first-order chi connectivity index (χ1) is 12.3. The second-order valence-electron chi connectivity index (χ2n) is 6.29. The lowest BCUT2D eigenvalue weighted by atomic mass is 10.2. The van der Waals surface area contributed by atoms with Gasteiger partial charge in [-0.25, -0.2) is 23.5 Å². The summed E-state index contributed by atoms with van der Waals surface area (Å²) in [7, 11) is 0.264. The molecule has 1 aromatic heterocycles. The van der Waals surface area contributed by atoms with Gasteiger partial charge in [-0.1, -0.05) is 24.3 Å². The molecular formula is C18H21N5O2S. The second kappa shape index (κ2) is 7.36. The Bertz CT molecular complexity index is 1020. The molecule has 0 saturated heterocycles. The van der Waals surface area contributed by atoms with Crippen LogP contribution in [0.5, 0.6) is 0 Å². The van der Waals surface area contributed by atoms with Gasteiger partial charge in [-0.3, -0.25) is 0 Å². The molecule has 0 aliphatic carbocycles. The summed E-state index contributed by atoms with van der Waals surface area (Å²) in [6, 6.07) is 14.3. The van der Waals surface area contributed by atoms with Gasteiger partial charge in [0, 0.05) is 11.9 Å². The lowest BCUT2D eigenvalue weighted by Crippen LogP contribution is -2.15. The van der Waals surface area contributed by atoms with E-state index in [1.54, 1.807) is 12.1 Å². The number of nitrogens with zero attached hydrogens (tertiary/aromatic N) is 3. The van der Waals surface area contributed by atoms with E-state index in [9.17, 15) is 8.42 Å². The Kier molecular flexibility index (Phi) is 5.17. The number of primary sulfonamides is 1. The number of anilines is 1. The number of hydrogen-bond donors (Lipinski definition) is 2. The number of para-hydroxylation sites is 1. The highest BCUT2D eigenvalue weighted by Crippen LogP contribution is 2.21. The Hall–Kier alpha value is -2.55. The average Bonchev–Trinajstić information content (AvgIpc) is 2.58. The minimum atomic E-state index is -3.68. The van der Waals surface area contributed by atoms with Crippen molar-refractivity contribution in [2.75, 3.05) is 19.4 Å². The number of sulfonamides is 1. The normalized spacial score (nSPS) is 11.8. The van der Waals surface area contributed by atoms with E-state index in [4.69, 9.17) is 5.14 Å². The van der Waals surface area contributed by atoms with Crippen LogP contribution in [0.2, 0.25) is 0 Å². The third-order valence-electron chi connectivity index (χ3n) is 3.82. The summed E-state index contributed by atoms with van der Waals surface area (Å²) in [4.78, 5) is 11.3. The van der Waals surface area contributed by atoms with Crippen LogP contribution in [0.15, 0.2) is 53.4 Å². The van der Waals surface area contributed by atoms with E-state index in [-0.39, 0.29) is 4.90 Å². The van der Waals surface area contributed by atoms with Crippen LogP contribution in [0.1, 0.15) is 11.4 Å². The molecule has 0 amide bonds. The maximum Gasteiger partial charge on any atom is 0.238 e. The molecule has 0 saturated carbocycles. The Morgan fingerprint density at radius 1 is 1.04 bits per heavy atom. The fourth-order valence-electron chi connectivity index (χ4n) is 2.60. The van der Waals surface area contributed by atoms with E-state index in [1.165, 1.54) is 12.1 Å². The van der Waals surface area contributed by atoms with E-state index in [0.29, 0.717) is 13.1 Å². The molecule has 0 atom stereocenters. The van der Waals surface area contributed by atoms with Gasteiger partial charge in [-0.15, -0.1) is 0 Å². The van der Waals surface area contributed by atoms with Crippen molar-refractivity contribution in [1.82, 2.24) is 14.9 Å². The molecule has 0 unspecified atom stereocenters. The molecule has 0 aliphatic heterocycles. The number of benzene rings is 2. The molecule has 0 spiro atoms. The number of nitrogens with two attached hydrogens (primary N) is 1. The molecule has 0 fully saturated rings. The fraction of sp³-hybridized carbons (Fsp3) is 0.222. The van der Waals surface area contributed by atoms with Crippen molar-refractivity contribution >= 4 is 26.7 Å². The Labute approximate surface area is 152 Å². The first-order valence-electron chi connectivity index (χ1n) is 8.09. The zero-order chi connectivity index (χ0) is 18.7. The predicted molar refractivity (Wildman–Crippen MR) is 102 cm³/mol. The summed E-state index contributed by atoms with van der Waals surface area (Å²) < 4.78 is 22.7. The lowest BCUT2D eigenvalue weighted by molar-refractivity contribution is 0.391. The van der Waals surface area contributed by atoms with Crippen LogP contribution in [-0.4, -0.2) is 37.4 Å². The van der Waals surface area contributed by atoms with Crippen molar-refractivity contribution in [3.8, 4) is 0 Å². The SMILES string of the molecule is CN(C)Cc1nc(NCc2ccc(S(N)(=O)=O)cc2)c2ccccc2n1. The largest absolute Gasteiger partial charge is 0.365 e. The van der Waals surface area contributed by atoms with Gasteiger partial charge < -0.3 is 10.2 Å². The van der Waals surface area contributed by atoms with Gasteiger partial charge in [0.15, 0.2) is 0 Å². The monoisotopic (exact) mass is 371 g/mol. The molecule has 2 aromatic carbocycles. The van der Waals surface area contributed by atoms with Crippen molar-refractivity contribution in [2.45, 2.75) is 18.0 Å². The quantitative estimate of drug-likeness (QED) is 0.687. The molecule has 3 aromatic rings. The molecule has 3 rings (SSSR count). The van der Waals surface area contributed by atoms with Crippen LogP contribution in [-0.2, 0) is 23.1 Å². The van der Waals surface area contributed by atoms with Gasteiger partial charge in [-0.05, 0) is 43.9 Å². The van der Waals surface area contributed by atoms with Gasteiger partial charge in [0.1, 0.15) is 11.6 Å². The molecular weight excluding hydrogens is 350 g/mol. The van der Waals surface area contributed by atoms with Crippen molar-refractivity contribution in [1.29, 1.82) is 0 Å². The lowest BCUT2D eigenvalue weighted by Gasteiger charge is -2.13. The highest BCUT2D eigenvalue weighted by atomic mass is 32.2. The fourth-order valence-corrected chi connectivity index (χ4v) is 3.11. The van der Waals surface area contributed by atoms with Crippen LogP contribution in [0.4, 0.5) is 5.82 Å². The van der Waals surface area contributed by atoms with Gasteiger partial charge >= 0.3 is 0 Å². The molecule has 26 heavy (non-hydrogen) atoms. The number of rotatable bonds is 6. The first kappa shape index (κ1) is 18.2. The van der Waals surface area contributed by atoms with Crippen LogP contribution < -0.4 is 10.5 Å². The van der Waals surface area contributed by atoms with Gasteiger partial charge in [-0.2, -0.15) is 0 Å². The summed E-state index contributed by atoms with van der Waals surface area (Å²) in [5.74, 6) is 1.49. The summed E-state index contributed by atoms with van der Waals surface area (Å²) in [5, 5.41) is 9.39. The summed E-state index contributed by atoms with van der Waals surface area (Å²) in [6.07, 6.45) is 0. The standard InChI is InChI=1S/C18H21N5O2S/c1-23(2)12-17-21-16-6-4-3-5-15(16)18(22-17)20-11-13-7-9-14(10-8-13)26(19,24)25/h3-10H,11-12H2,1-2H3,(H2,19,24,25)(H,20,21,22). The Balaban J connectivity index is 1.85. The van der Waals surface area contributed by atoms with Gasteiger partial charge in [0.25, 0.3) is 0 Å². The van der Waals surface area contributed by atoms with Crippen molar-refractivity contribution in [2.24, 2.45) is 5.14 Å². The zero-order valence-electron chi connectivity index (χ0n) is 14.7. The molecule has 0 aliphatic rings. The third kappa shape index (κ3) is 4.34. The molecule has 0 bridgehead atoms. The van der Waals surface area contributed by atoms with Gasteiger partial charge in [0.05, 0.1) is 17.0 Å². The van der Waals surface area contributed by atoms with E-state index in [2.05, 4.69) is 15.3 Å². The molecule has 8 heteroatoms. The average molecular weight is 371 g/mol. The highest BCUT2D eigenvalue weighted by Gasteiger charge is 2.09. The van der Waals surface area contributed by atoms with Crippen LogP contribution in [0.25, 0.3) is 10.9 Å². The van der Waals surface area contributed by atoms with E-state index in [0.717, 1.165) is 28.1 Å².